The van der Waals surface area contributed by atoms with Crippen LogP contribution in [-0.2, 0) is 20.9 Å². The maximum absolute atomic E-state index is 11.9. The Balaban J connectivity index is 1.52. The van der Waals surface area contributed by atoms with Gasteiger partial charge in [0.2, 0.25) is 0 Å². The standard InChI is InChI=1S/C15H17N5O5S/c1-2-19-13(10-4-3-7-24-10)17-18-15(19)26-9-12(22)25-8-11(21)20-6-5-16-14(20)23/h3-4,7H,2,5-6,8-9H2,1H3,(H,16,23). The van der Waals surface area contributed by atoms with Crippen LogP contribution in [-0.4, -0.2) is 63.0 Å². The lowest BCUT2D eigenvalue weighted by atomic mass is 10.4. The van der Waals surface area contributed by atoms with Crippen molar-refractivity contribution in [1.29, 1.82) is 0 Å². The van der Waals surface area contributed by atoms with E-state index in [1.807, 2.05) is 11.5 Å². The van der Waals surface area contributed by atoms with Gasteiger partial charge < -0.3 is 14.5 Å². The SMILES string of the molecule is CCn1c(SCC(=O)OCC(=O)N2CCNC2=O)nnc1-c1ccco1. The fourth-order valence-corrected chi connectivity index (χ4v) is 3.16. The van der Waals surface area contributed by atoms with Crippen LogP contribution in [0.2, 0.25) is 0 Å². The zero-order chi connectivity index (χ0) is 18.5. The highest BCUT2D eigenvalue weighted by Crippen LogP contribution is 2.24. The van der Waals surface area contributed by atoms with Crippen molar-refractivity contribution in [2.24, 2.45) is 0 Å². The Kier molecular flexibility index (Phi) is 5.56. The minimum Gasteiger partial charge on any atom is -0.461 e. The van der Waals surface area contributed by atoms with E-state index in [1.165, 1.54) is 0 Å². The average molecular weight is 379 g/mol. The van der Waals surface area contributed by atoms with Crippen LogP contribution in [0.25, 0.3) is 11.6 Å². The summed E-state index contributed by atoms with van der Waals surface area (Å²) in [6.07, 6.45) is 1.55. The molecule has 26 heavy (non-hydrogen) atoms. The molecule has 1 aliphatic rings. The number of nitrogens with zero attached hydrogens (tertiary/aromatic N) is 4. The maximum atomic E-state index is 11.9. The number of nitrogens with one attached hydrogen (secondary N) is 1. The van der Waals surface area contributed by atoms with Gasteiger partial charge in [0.25, 0.3) is 5.91 Å². The van der Waals surface area contributed by atoms with Gasteiger partial charge >= 0.3 is 12.0 Å². The van der Waals surface area contributed by atoms with E-state index in [9.17, 15) is 14.4 Å². The first-order chi connectivity index (χ1) is 12.6. The number of imide groups is 1. The summed E-state index contributed by atoms with van der Waals surface area (Å²) >= 11 is 1.15. The third-order valence-electron chi connectivity index (χ3n) is 3.61. The van der Waals surface area contributed by atoms with Crippen LogP contribution >= 0.6 is 11.8 Å². The third kappa shape index (κ3) is 3.87. The molecule has 0 bridgehead atoms. The van der Waals surface area contributed by atoms with Crippen molar-refractivity contribution in [3.8, 4) is 11.6 Å². The second-order valence-corrected chi connectivity index (χ2v) is 6.20. The van der Waals surface area contributed by atoms with Gasteiger partial charge in [-0.05, 0) is 19.1 Å². The zero-order valence-corrected chi connectivity index (χ0v) is 14.8. The highest BCUT2D eigenvalue weighted by Gasteiger charge is 2.26. The molecule has 3 amide bonds. The predicted octanol–water partition coefficient (Wildman–Crippen LogP) is 0.745. The molecule has 2 aromatic heterocycles. The topological polar surface area (TPSA) is 120 Å². The molecule has 1 aliphatic heterocycles. The molecule has 0 aromatic carbocycles. The van der Waals surface area contributed by atoms with Gasteiger partial charge in [0, 0.05) is 19.6 Å². The molecule has 138 valence electrons. The van der Waals surface area contributed by atoms with E-state index in [1.54, 1.807) is 18.4 Å². The van der Waals surface area contributed by atoms with Crippen molar-refractivity contribution in [3.05, 3.63) is 18.4 Å². The number of hydrogen-bond donors (Lipinski definition) is 1. The van der Waals surface area contributed by atoms with E-state index in [-0.39, 0.29) is 12.3 Å². The molecule has 2 aromatic rings. The van der Waals surface area contributed by atoms with Crippen molar-refractivity contribution in [2.75, 3.05) is 25.4 Å². The van der Waals surface area contributed by atoms with Gasteiger partial charge in [0.05, 0.1) is 12.0 Å². The third-order valence-corrected chi connectivity index (χ3v) is 4.55. The number of hydrogen-bond acceptors (Lipinski definition) is 8. The summed E-state index contributed by atoms with van der Waals surface area (Å²) in [5, 5.41) is 11.2. The highest BCUT2D eigenvalue weighted by atomic mass is 32.2. The van der Waals surface area contributed by atoms with Crippen molar-refractivity contribution >= 4 is 29.7 Å². The van der Waals surface area contributed by atoms with Gasteiger partial charge in [-0.2, -0.15) is 0 Å². The minimum atomic E-state index is -0.576. The van der Waals surface area contributed by atoms with Crippen LogP contribution in [0.1, 0.15) is 6.92 Å². The molecule has 0 spiro atoms. The first-order valence-electron chi connectivity index (χ1n) is 7.94. The first kappa shape index (κ1) is 18.0. The quantitative estimate of drug-likeness (QED) is 0.553. The van der Waals surface area contributed by atoms with Crippen LogP contribution in [0.15, 0.2) is 28.0 Å². The number of amides is 3. The largest absolute Gasteiger partial charge is 0.461 e. The van der Waals surface area contributed by atoms with Crippen molar-refractivity contribution in [1.82, 2.24) is 25.0 Å². The first-order valence-corrected chi connectivity index (χ1v) is 8.92. The van der Waals surface area contributed by atoms with Crippen LogP contribution < -0.4 is 5.32 Å². The summed E-state index contributed by atoms with van der Waals surface area (Å²) in [5.74, 6) is 0.00523. The molecule has 1 fully saturated rings. The Morgan fingerprint density at radius 3 is 2.92 bits per heavy atom. The second kappa shape index (κ2) is 8.04. The van der Waals surface area contributed by atoms with E-state index in [2.05, 4.69) is 15.5 Å². The minimum absolute atomic E-state index is 0.0320. The molecule has 11 heteroatoms. The Morgan fingerprint density at radius 1 is 1.42 bits per heavy atom. The van der Waals surface area contributed by atoms with E-state index < -0.39 is 24.5 Å². The van der Waals surface area contributed by atoms with E-state index in [0.717, 1.165) is 16.7 Å². The Morgan fingerprint density at radius 2 is 2.27 bits per heavy atom. The fourth-order valence-electron chi connectivity index (χ4n) is 2.36. The number of aromatic nitrogens is 3. The molecule has 1 saturated heterocycles. The number of furan rings is 1. The fraction of sp³-hybridized carbons (Fsp3) is 0.400. The molecule has 0 unspecified atom stereocenters. The van der Waals surface area contributed by atoms with E-state index in [4.69, 9.17) is 9.15 Å². The number of carbonyl (C=O) groups is 3. The van der Waals surface area contributed by atoms with E-state index in [0.29, 0.717) is 29.8 Å². The summed E-state index contributed by atoms with van der Waals surface area (Å²) in [4.78, 5) is 36.1. The smallest absolute Gasteiger partial charge is 0.324 e. The molecular formula is C15H17N5O5S. The zero-order valence-electron chi connectivity index (χ0n) is 14.0. The van der Waals surface area contributed by atoms with Crippen molar-refractivity contribution in [2.45, 2.75) is 18.6 Å². The number of ether oxygens (including phenoxy) is 1. The lowest BCUT2D eigenvalue weighted by Crippen LogP contribution is -2.37. The molecule has 3 rings (SSSR count). The Hall–Kier alpha value is -2.82. The molecule has 0 aliphatic carbocycles. The molecule has 0 saturated carbocycles. The normalized spacial score (nSPS) is 13.7. The number of thioether (sulfide) groups is 1. The summed E-state index contributed by atoms with van der Waals surface area (Å²) in [6, 6.07) is 3.06. The Labute approximate surface area is 152 Å². The predicted molar refractivity (Wildman–Crippen MR) is 90.2 cm³/mol. The van der Waals surface area contributed by atoms with Gasteiger partial charge in [0.15, 0.2) is 23.3 Å². The molecule has 10 nitrogen and oxygen atoms in total. The molecule has 1 N–H and O–H groups in total. The van der Waals surface area contributed by atoms with Gasteiger partial charge in [-0.1, -0.05) is 11.8 Å². The summed E-state index contributed by atoms with van der Waals surface area (Å²) in [7, 11) is 0. The molecular weight excluding hydrogens is 362 g/mol. The Bertz CT molecular complexity index is 803. The van der Waals surface area contributed by atoms with Crippen molar-refractivity contribution in [3.63, 3.8) is 0 Å². The molecule has 3 heterocycles. The second-order valence-electron chi connectivity index (χ2n) is 5.25. The number of urea groups is 1. The van der Waals surface area contributed by atoms with Gasteiger partial charge in [0.1, 0.15) is 0 Å². The van der Waals surface area contributed by atoms with Crippen LogP contribution in [0.4, 0.5) is 4.79 Å². The summed E-state index contributed by atoms with van der Waals surface area (Å²) in [6.45, 7) is 2.74. The monoisotopic (exact) mass is 379 g/mol. The van der Waals surface area contributed by atoms with Crippen LogP contribution in [0.5, 0.6) is 0 Å². The van der Waals surface area contributed by atoms with Crippen molar-refractivity contribution < 1.29 is 23.5 Å². The molecule has 0 atom stereocenters. The van der Waals surface area contributed by atoms with Crippen LogP contribution in [0.3, 0.4) is 0 Å². The lowest BCUT2D eigenvalue weighted by Gasteiger charge is -2.12. The van der Waals surface area contributed by atoms with E-state index >= 15 is 0 Å². The van der Waals surface area contributed by atoms with Gasteiger partial charge in [-0.15, -0.1) is 10.2 Å². The average Bonchev–Trinajstić information content (AvgIpc) is 3.37. The lowest BCUT2D eigenvalue weighted by molar-refractivity contribution is -0.148. The van der Waals surface area contributed by atoms with Gasteiger partial charge in [-0.25, -0.2) is 4.79 Å². The summed E-state index contributed by atoms with van der Waals surface area (Å²) in [5.41, 5.74) is 0. The van der Waals surface area contributed by atoms with Crippen LogP contribution in [0, 0.1) is 0 Å². The number of carbonyl (C=O) groups excluding carboxylic acids is 3. The number of esters is 1. The van der Waals surface area contributed by atoms with Gasteiger partial charge in [-0.3, -0.25) is 19.1 Å². The number of rotatable bonds is 7. The molecule has 0 radical (unpaired) electrons. The highest BCUT2D eigenvalue weighted by molar-refractivity contribution is 7.99. The summed E-state index contributed by atoms with van der Waals surface area (Å²) < 4.78 is 12.1. The maximum Gasteiger partial charge on any atom is 0.324 e.